The average molecular weight is 674 g/mol. The Morgan fingerprint density at radius 2 is 1.30 bits per heavy atom. The van der Waals surface area contributed by atoms with Crippen molar-refractivity contribution in [1.29, 1.82) is 0 Å². The summed E-state index contributed by atoms with van der Waals surface area (Å²) >= 11 is 0. The van der Waals surface area contributed by atoms with Gasteiger partial charge in [0.25, 0.3) is 7.82 Å². The molecule has 0 bridgehead atoms. The predicted octanol–water partition coefficient (Wildman–Crippen LogP) is 3.03. The Balaban J connectivity index is 5.64. The summed E-state index contributed by atoms with van der Waals surface area (Å²) in [5.41, 5.74) is -3.90. The van der Waals surface area contributed by atoms with Gasteiger partial charge in [-0.1, -0.05) is 27.2 Å². The van der Waals surface area contributed by atoms with E-state index in [-0.39, 0.29) is 45.5 Å². The van der Waals surface area contributed by atoms with Crippen molar-refractivity contribution in [1.82, 2.24) is 4.90 Å². The summed E-state index contributed by atoms with van der Waals surface area (Å²) in [6, 6.07) is 0. The number of phosphoric ester groups is 1. The molecule has 0 aromatic rings. The topological polar surface area (TPSA) is 198 Å². The second-order valence-corrected chi connectivity index (χ2v) is 15.0. The summed E-state index contributed by atoms with van der Waals surface area (Å²) < 4.78 is 70.4. The van der Waals surface area contributed by atoms with Gasteiger partial charge in [0.1, 0.15) is 6.61 Å². The highest BCUT2D eigenvalue weighted by molar-refractivity contribution is 7.85. The molecule has 0 aliphatic carbocycles. The molecule has 0 radical (unpaired) electrons. The molecule has 3 atom stereocenters. The van der Waals surface area contributed by atoms with Crippen molar-refractivity contribution in [3.8, 4) is 0 Å². The van der Waals surface area contributed by atoms with Crippen molar-refractivity contribution in [2.24, 2.45) is 16.2 Å². The molecule has 0 N–H and O–H groups in total. The number of rotatable bonds is 24. The third kappa shape index (κ3) is 16.6. The molecule has 0 spiro atoms. The zero-order valence-electron chi connectivity index (χ0n) is 27.5. The summed E-state index contributed by atoms with van der Waals surface area (Å²) in [5, 5.41) is 0. The Morgan fingerprint density at radius 1 is 0.773 bits per heavy atom. The van der Waals surface area contributed by atoms with Crippen LogP contribution in [0.3, 0.4) is 0 Å². The van der Waals surface area contributed by atoms with Gasteiger partial charge in [-0.2, -0.15) is 0 Å². The lowest BCUT2D eigenvalue weighted by molar-refractivity contribution is -0.226. The van der Waals surface area contributed by atoms with Crippen LogP contribution in [0, 0.1) is 16.2 Å². The number of phosphoric acid groups is 1. The minimum atomic E-state index is -4.61. The first-order chi connectivity index (χ1) is 20.2. The Kier molecular flexibility index (Phi) is 18.4. The van der Waals surface area contributed by atoms with Gasteiger partial charge in [0.2, 0.25) is 0 Å². The zero-order valence-corrected chi connectivity index (χ0v) is 29.2. The highest BCUT2D eigenvalue weighted by Crippen LogP contribution is 2.46. The van der Waals surface area contributed by atoms with Crippen LogP contribution in [0.25, 0.3) is 0 Å². The Bertz CT molecular complexity index is 1070. The van der Waals surface area contributed by atoms with Crippen molar-refractivity contribution >= 4 is 35.8 Å². The molecule has 0 aromatic heterocycles. The number of carbonyl (C=O) groups is 3. The molecule has 16 heteroatoms. The molecular formula is C28H52NO13PS-2. The van der Waals surface area contributed by atoms with E-state index in [1.54, 1.807) is 34.7 Å². The van der Waals surface area contributed by atoms with E-state index in [1.807, 2.05) is 18.7 Å². The number of esters is 3. The van der Waals surface area contributed by atoms with Crippen molar-refractivity contribution in [2.75, 3.05) is 58.9 Å². The van der Waals surface area contributed by atoms with Crippen LogP contribution >= 0.6 is 7.82 Å². The summed E-state index contributed by atoms with van der Waals surface area (Å²) in [4.78, 5) is 53.4. The van der Waals surface area contributed by atoms with Crippen LogP contribution in [0.4, 0.5) is 0 Å². The molecule has 0 saturated carbocycles. The van der Waals surface area contributed by atoms with E-state index in [4.69, 9.17) is 23.3 Å². The molecule has 0 heterocycles. The van der Waals surface area contributed by atoms with E-state index in [9.17, 15) is 36.8 Å². The van der Waals surface area contributed by atoms with Gasteiger partial charge in [-0.3, -0.25) is 18.9 Å². The highest BCUT2D eigenvalue weighted by Gasteiger charge is 2.49. The van der Waals surface area contributed by atoms with Gasteiger partial charge in [-0.25, -0.2) is 8.42 Å². The third-order valence-electron chi connectivity index (χ3n) is 7.26. The fraction of sp³-hybridized carbons (Fsp3) is 0.893. The minimum absolute atomic E-state index is 0.0838. The number of unbranched alkanes of at least 4 members (excludes halogenated alkanes) is 1. The van der Waals surface area contributed by atoms with Gasteiger partial charge < -0.3 is 37.6 Å². The second-order valence-electron chi connectivity index (χ2n) is 12.1. The lowest BCUT2D eigenvalue weighted by Crippen LogP contribution is -2.44. The smallest absolute Gasteiger partial charge is 0.311 e. The fourth-order valence-electron chi connectivity index (χ4n) is 4.50. The normalized spacial score (nSPS) is 16.4. The minimum Gasteiger partial charge on any atom is -0.756 e. The maximum Gasteiger partial charge on any atom is 0.311 e. The molecule has 0 aliphatic heterocycles. The van der Waals surface area contributed by atoms with Crippen molar-refractivity contribution < 1.29 is 60.1 Å². The van der Waals surface area contributed by atoms with E-state index in [2.05, 4.69) is 0 Å². The molecular weight excluding hydrogens is 621 g/mol. The van der Waals surface area contributed by atoms with Crippen LogP contribution in [0.15, 0.2) is 0 Å². The van der Waals surface area contributed by atoms with Crippen molar-refractivity contribution in [3.05, 3.63) is 0 Å². The van der Waals surface area contributed by atoms with Crippen LogP contribution in [0.5, 0.6) is 0 Å². The molecule has 0 fully saturated rings. The lowest BCUT2D eigenvalue weighted by Gasteiger charge is -2.39. The van der Waals surface area contributed by atoms with Gasteiger partial charge in [-0.05, 0) is 73.4 Å². The Labute approximate surface area is 262 Å². The van der Waals surface area contributed by atoms with Crippen LogP contribution < -0.4 is 4.89 Å². The zero-order chi connectivity index (χ0) is 34.2. The van der Waals surface area contributed by atoms with E-state index < -0.39 is 71.1 Å². The first-order valence-corrected chi connectivity index (χ1v) is 17.9. The number of carbonyl (C=O) groups excluding carboxylic acids is 3. The monoisotopic (exact) mass is 673 g/mol. The Hall–Kier alpha value is -1.61. The van der Waals surface area contributed by atoms with Crippen LogP contribution in [-0.2, 0) is 52.3 Å². The van der Waals surface area contributed by atoms with Gasteiger partial charge >= 0.3 is 17.9 Å². The quantitative estimate of drug-likeness (QED) is 0.0476. The Morgan fingerprint density at radius 3 is 1.84 bits per heavy atom. The van der Waals surface area contributed by atoms with Crippen molar-refractivity contribution in [2.45, 2.75) is 87.0 Å². The molecule has 0 rings (SSSR count). The molecule has 0 aliphatic rings. The molecule has 0 aromatic carbocycles. The van der Waals surface area contributed by atoms with Gasteiger partial charge in [0.05, 0.1) is 52.8 Å². The third-order valence-corrected chi connectivity index (χ3v) is 9.05. The van der Waals surface area contributed by atoms with E-state index in [1.165, 1.54) is 6.92 Å². The van der Waals surface area contributed by atoms with Crippen LogP contribution in [0.2, 0.25) is 0 Å². The number of hydrogen-bond acceptors (Lipinski definition) is 14. The molecule has 260 valence electrons. The maximum absolute atomic E-state index is 13.4. The molecule has 0 saturated heterocycles. The summed E-state index contributed by atoms with van der Waals surface area (Å²) in [6.07, 6.45) is 1.26. The van der Waals surface area contributed by atoms with E-state index in [0.29, 0.717) is 19.5 Å². The largest absolute Gasteiger partial charge is 0.756 e. The van der Waals surface area contributed by atoms with Gasteiger partial charge in [-0.15, -0.1) is 0 Å². The van der Waals surface area contributed by atoms with Gasteiger partial charge in [0.15, 0.2) is 0 Å². The standard InChI is InChI=1S/C28H54NO13PS/c1-9-12-15-38-23(30)26(4,5)21-28(7,25(32)39-16-13-20-44(35,36)37)22-27(6,10-2)24(31)40-18-19-42-43(33,34)41-17-14-29(8)11-3/h9-22H2,1-8H3,(H,33,34)(H,35,36,37)/p-2. The number of ether oxygens (including phenoxy) is 3. The maximum atomic E-state index is 13.4. The molecule has 44 heavy (non-hydrogen) atoms. The molecule has 14 nitrogen and oxygen atoms in total. The SMILES string of the molecule is CCCCOC(=O)C(C)(C)CC(C)(CC(C)(CC)C(=O)OCCOP(=O)([O-])OCCN(C)CC)C(=O)OCCCS(=O)(=O)[O-]. The second kappa shape index (κ2) is 19.1. The fourth-order valence-corrected chi connectivity index (χ4v) is 5.65. The highest BCUT2D eigenvalue weighted by atomic mass is 32.2. The predicted molar refractivity (Wildman–Crippen MR) is 159 cm³/mol. The number of likely N-dealkylation sites (N-methyl/N-ethyl adjacent to an activating group) is 1. The number of nitrogens with zero attached hydrogens (tertiary/aromatic N) is 1. The average Bonchev–Trinajstić information content (AvgIpc) is 2.91. The first kappa shape index (κ1) is 42.4. The summed E-state index contributed by atoms with van der Waals surface area (Å²) in [7, 11) is -7.31. The van der Waals surface area contributed by atoms with Gasteiger partial charge in [0, 0.05) is 12.3 Å². The summed E-state index contributed by atoms with van der Waals surface area (Å²) in [6.45, 7) is 11.9. The van der Waals surface area contributed by atoms with Crippen LogP contribution in [-0.4, -0.2) is 94.7 Å². The van der Waals surface area contributed by atoms with Crippen molar-refractivity contribution in [3.63, 3.8) is 0 Å². The number of hydrogen-bond donors (Lipinski definition) is 0. The first-order valence-electron chi connectivity index (χ1n) is 14.9. The summed E-state index contributed by atoms with van der Waals surface area (Å²) in [5.74, 6) is -2.77. The van der Waals surface area contributed by atoms with E-state index >= 15 is 0 Å². The lowest BCUT2D eigenvalue weighted by atomic mass is 9.65. The van der Waals surface area contributed by atoms with E-state index in [0.717, 1.165) is 6.42 Å². The molecule has 0 amide bonds. The van der Waals surface area contributed by atoms with Crippen LogP contribution in [0.1, 0.15) is 87.0 Å². The molecule has 3 unspecified atom stereocenters.